The quantitative estimate of drug-likeness (QED) is 0.172. The number of carbonyl (C=O) groups is 4. The molecular formula is C32H26F3N3O7. The van der Waals surface area contributed by atoms with Crippen molar-refractivity contribution in [3.8, 4) is 11.5 Å². The third-order valence-electron chi connectivity index (χ3n) is 6.41. The number of aliphatic carboxylic acids is 1. The number of hydrogen-bond acceptors (Lipinski definition) is 7. The van der Waals surface area contributed by atoms with Crippen LogP contribution in [0.1, 0.15) is 37.4 Å². The van der Waals surface area contributed by atoms with Crippen molar-refractivity contribution < 1.29 is 46.9 Å². The first-order valence-electron chi connectivity index (χ1n) is 13.3. The lowest BCUT2D eigenvalue weighted by atomic mass is 10.0. The summed E-state index contributed by atoms with van der Waals surface area (Å²) < 4.78 is 50.6. The smallest absolute Gasteiger partial charge is 0.416 e. The van der Waals surface area contributed by atoms with Crippen LogP contribution < -0.4 is 14.8 Å². The third kappa shape index (κ3) is 8.89. The summed E-state index contributed by atoms with van der Waals surface area (Å²) in [6.45, 7) is -0.692. The van der Waals surface area contributed by atoms with Crippen molar-refractivity contribution in [3.05, 3.63) is 119 Å². The maximum atomic E-state index is 13.5. The second kappa shape index (κ2) is 14.2. The number of benzene rings is 3. The number of nitrogens with zero attached hydrogens (tertiary/aromatic N) is 2. The van der Waals surface area contributed by atoms with Crippen LogP contribution in [0.4, 0.5) is 18.9 Å². The van der Waals surface area contributed by atoms with Crippen molar-refractivity contribution in [1.29, 1.82) is 0 Å². The molecule has 232 valence electrons. The van der Waals surface area contributed by atoms with Crippen molar-refractivity contribution in [2.75, 3.05) is 19.0 Å². The fourth-order valence-electron chi connectivity index (χ4n) is 4.25. The van der Waals surface area contributed by atoms with Gasteiger partial charge in [-0.15, -0.1) is 0 Å². The third-order valence-corrected chi connectivity index (χ3v) is 6.41. The average molecular weight is 622 g/mol. The molecule has 0 aliphatic carbocycles. The number of methoxy groups -OCH3 is 1. The van der Waals surface area contributed by atoms with Crippen LogP contribution in [-0.4, -0.2) is 52.4 Å². The van der Waals surface area contributed by atoms with Gasteiger partial charge in [0.15, 0.2) is 0 Å². The van der Waals surface area contributed by atoms with E-state index in [-0.39, 0.29) is 40.4 Å². The minimum Gasteiger partial charge on any atom is -0.497 e. The van der Waals surface area contributed by atoms with Crippen LogP contribution in [-0.2, 0) is 28.7 Å². The van der Waals surface area contributed by atoms with Gasteiger partial charge in [-0.2, -0.15) is 13.2 Å². The summed E-state index contributed by atoms with van der Waals surface area (Å²) in [5.74, 6) is -2.94. The van der Waals surface area contributed by atoms with Crippen LogP contribution in [0, 0.1) is 0 Å². The van der Waals surface area contributed by atoms with Gasteiger partial charge < -0.3 is 24.8 Å². The van der Waals surface area contributed by atoms with E-state index in [1.807, 2.05) is 0 Å². The van der Waals surface area contributed by atoms with Crippen molar-refractivity contribution in [3.63, 3.8) is 0 Å². The van der Waals surface area contributed by atoms with E-state index in [2.05, 4.69) is 10.3 Å². The lowest BCUT2D eigenvalue weighted by Crippen LogP contribution is -2.35. The molecule has 13 heteroatoms. The molecule has 0 saturated carbocycles. The molecule has 4 rings (SSSR count). The summed E-state index contributed by atoms with van der Waals surface area (Å²) in [7, 11) is 1.24. The molecule has 0 atom stereocenters. The minimum absolute atomic E-state index is 0.00277. The Morgan fingerprint density at radius 1 is 0.911 bits per heavy atom. The molecule has 0 saturated heterocycles. The number of aromatic nitrogens is 1. The monoisotopic (exact) mass is 621 g/mol. The van der Waals surface area contributed by atoms with E-state index >= 15 is 0 Å². The molecule has 2 amide bonds. The van der Waals surface area contributed by atoms with E-state index in [1.165, 1.54) is 68.0 Å². The molecule has 0 bridgehead atoms. The van der Waals surface area contributed by atoms with Crippen LogP contribution >= 0.6 is 0 Å². The van der Waals surface area contributed by atoms with Gasteiger partial charge in [-0.3, -0.25) is 19.4 Å². The summed E-state index contributed by atoms with van der Waals surface area (Å²) in [5, 5.41) is 11.9. The Kier molecular flexibility index (Phi) is 10.1. The van der Waals surface area contributed by atoms with Crippen molar-refractivity contribution in [2.45, 2.75) is 19.1 Å². The molecule has 3 aromatic carbocycles. The Bertz CT molecular complexity index is 1680. The van der Waals surface area contributed by atoms with E-state index in [9.17, 15) is 37.5 Å². The number of carbonyl (C=O) groups excluding carboxylic acids is 3. The van der Waals surface area contributed by atoms with Gasteiger partial charge in [-0.05, 0) is 71.8 Å². The molecular weight excluding hydrogens is 595 g/mol. The highest BCUT2D eigenvalue weighted by molar-refractivity contribution is 5.97. The Labute approximate surface area is 255 Å². The van der Waals surface area contributed by atoms with Gasteiger partial charge in [0.25, 0.3) is 5.91 Å². The van der Waals surface area contributed by atoms with Crippen molar-refractivity contribution >= 4 is 29.4 Å². The Hall–Kier alpha value is -5.72. The maximum Gasteiger partial charge on any atom is 0.416 e. The topological polar surface area (TPSA) is 135 Å². The first kappa shape index (κ1) is 32.2. The SMILES string of the molecule is COc1ccc(CC(=O)Nc2ccc(C(=O)N(CC(=O)O)Cc3ccc(OC(=O)c4cccnc4)cc3)cc2)c(C(F)(F)F)c1. The van der Waals surface area contributed by atoms with Gasteiger partial charge in [-0.25, -0.2) is 4.79 Å². The van der Waals surface area contributed by atoms with Crippen molar-refractivity contribution in [1.82, 2.24) is 9.88 Å². The molecule has 0 aliphatic heterocycles. The summed E-state index contributed by atoms with van der Waals surface area (Å²) in [6, 6.07) is 18.1. The Morgan fingerprint density at radius 3 is 2.20 bits per heavy atom. The average Bonchev–Trinajstić information content (AvgIpc) is 3.01. The molecule has 0 spiro atoms. The molecule has 0 unspecified atom stereocenters. The fraction of sp³-hybridized carbons (Fsp3) is 0.156. The molecule has 45 heavy (non-hydrogen) atoms. The zero-order chi connectivity index (χ0) is 32.6. The second-order valence-corrected chi connectivity index (χ2v) is 9.65. The first-order chi connectivity index (χ1) is 21.4. The van der Waals surface area contributed by atoms with E-state index in [0.29, 0.717) is 5.56 Å². The van der Waals surface area contributed by atoms with Gasteiger partial charge in [-0.1, -0.05) is 18.2 Å². The first-order valence-corrected chi connectivity index (χ1v) is 13.3. The van der Waals surface area contributed by atoms with Gasteiger partial charge >= 0.3 is 18.1 Å². The van der Waals surface area contributed by atoms with Crippen LogP contribution in [0.5, 0.6) is 11.5 Å². The number of carboxylic acid groups (broad SMARTS) is 1. The number of hydrogen-bond donors (Lipinski definition) is 2. The molecule has 0 fully saturated rings. The van der Waals surface area contributed by atoms with Crippen molar-refractivity contribution in [2.24, 2.45) is 0 Å². The van der Waals surface area contributed by atoms with E-state index < -0.39 is 48.5 Å². The highest BCUT2D eigenvalue weighted by Crippen LogP contribution is 2.34. The Morgan fingerprint density at radius 2 is 1.60 bits per heavy atom. The predicted octanol–water partition coefficient (Wildman–Crippen LogP) is 5.24. The van der Waals surface area contributed by atoms with Gasteiger partial charge in [0.1, 0.15) is 18.0 Å². The number of amides is 2. The van der Waals surface area contributed by atoms with Crippen LogP contribution in [0.3, 0.4) is 0 Å². The van der Waals surface area contributed by atoms with E-state index in [4.69, 9.17) is 9.47 Å². The number of carboxylic acids is 1. The van der Waals surface area contributed by atoms with Gasteiger partial charge in [0, 0.05) is 30.2 Å². The predicted molar refractivity (Wildman–Crippen MR) is 155 cm³/mol. The lowest BCUT2D eigenvalue weighted by Gasteiger charge is -2.21. The molecule has 0 radical (unpaired) electrons. The summed E-state index contributed by atoms with van der Waals surface area (Å²) in [5.41, 5.74) is -0.0660. The zero-order valence-corrected chi connectivity index (χ0v) is 23.7. The highest BCUT2D eigenvalue weighted by atomic mass is 19.4. The summed E-state index contributed by atoms with van der Waals surface area (Å²) in [4.78, 5) is 54.4. The second-order valence-electron chi connectivity index (χ2n) is 9.65. The van der Waals surface area contributed by atoms with Gasteiger partial charge in [0.05, 0.1) is 24.7 Å². The number of halogens is 3. The number of ether oxygens (including phenoxy) is 2. The lowest BCUT2D eigenvalue weighted by molar-refractivity contribution is -0.139. The number of esters is 1. The Balaban J connectivity index is 1.40. The number of anilines is 1. The van der Waals surface area contributed by atoms with E-state index in [0.717, 1.165) is 11.0 Å². The molecule has 0 aliphatic rings. The van der Waals surface area contributed by atoms with Crippen LogP contribution in [0.25, 0.3) is 0 Å². The molecule has 1 aromatic heterocycles. The zero-order valence-electron chi connectivity index (χ0n) is 23.7. The van der Waals surface area contributed by atoms with Crippen LogP contribution in [0.2, 0.25) is 0 Å². The maximum absolute atomic E-state index is 13.5. The molecule has 2 N–H and O–H groups in total. The summed E-state index contributed by atoms with van der Waals surface area (Å²) in [6.07, 6.45) is -2.37. The normalized spacial score (nSPS) is 10.9. The van der Waals surface area contributed by atoms with Gasteiger partial charge in [0.2, 0.25) is 5.91 Å². The standard InChI is InChI=1S/C32H26F3N3O7/c1-44-26-13-8-22(27(16-26)32(33,34)35)15-28(39)37-24-9-6-21(7-10-24)30(42)38(19-29(40)41)18-20-4-11-25(12-5-20)45-31(43)23-3-2-14-36-17-23/h2-14,16-17H,15,18-19H2,1H3,(H,37,39)(H,40,41). The minimum atomic E-state index is -4.69. The van der Waals surface area contributed by atoms with E-state index in [1.54, 1.807) is 24.3 Å². The molecule has 4 aromatic rings. The molecule has 10 nitrogen and oxygen atoms in total. The van der Waals surface area contributed by atoms with Crippen LogP contribution in [0.15, 0.2) is 91.3 Å². The number of pyridine rings is 1. The summed E-state index contributed by atoms with van der Waals surface area (Å²) >= 11 is 0. The molecule has 1 heterocycles. The number of alkyl halides is 3. The largest absolute Gasteiger partial charge is 0.497 e. The number of nitrogens with one attached hydrogen (secondary N) is 1. The fourth-order valence-corrected chi connectivity index (χ4v) is 4.25. The highest BCUT2D eigenvalue weighted by Gasteiger charge is 2.34. The number of rotatable bonds is 11.